The lowest BCUT2D eigenvalue weighted by atomic mass is 10.1. The first-order valence-corrected chi connectivity index (χ1v) is 7.79. The zero-order chi connectivity index (χ0) is 13.2. The molecule has 19 heavy (non-hydrogen) atoms. The van der Waals surface area contributed by atoms with E-state index in [1.807, 2.05) is 0 Å². The van der Waals surface area contributed by atoms with Gasteiger partial charge in [-0.15, -0.1) is 0 Å². The van der Waals surface area contributed by atoms with E-state index >= 15 is 0 Å². The molecule has 0 bridgehead atoms. The quantitative estimate of drug-likeness (QED) is 0.899. The highest BCUT2D eigenvalue weighted by Crippen LogP contribution is 2.34. The van der Waals surface area contributed by atoms with Crippen molar-refractivity contribution in [2.45, 2.75) is 38.9 Å². The molecule has 1 aliphatic carbocycles. The Balaban J connectivity index is 1.85. The van der Waals surface area contributed by atoms with Crippen molar-refractivity contribution in [1.82, 2.24) is 0 Å². The van der Waals surface area contributed by atoms with Gasteiger partial charge in [-0.05, 0) is 65.4 Å². The van der Waals surface area contributed by atoms with E-state index in [1.165, 1.54) is 35.2 Å². The normalized spacial score (nSPS) is 14.6. The molecular formula is C16H20N2S. The third kappa shape index (κ3) is 2.82. The van der Waals surface area contributed by atoms with Crippen LogP contribution < -0.4 is 10.6 Å². The van der Waals surface area contributed by atoms with Crippen LogP contribution in [0.4, 0.5) is 5.69 Å². The molecule has 2 nitrogen and oxygen atoms in total. The Morgan fingerprint density at radius 3 is 2.74 bits per heavy atom. The van der Waals surface area contributed by atoms with Crippen molar-refractivity contribution < 1.29 is 0 Å². The second-order valence-corrected chi connectivity index (χ2v) is 6.09. The summed E-state index contributed by atoms with van der Waals surface area (Å²) in [7, 11) is 0. The van der Waals surface area contributed by atoms with Crippen molar-refractivity contribution in [2.75, 3.05) is 4.90 Å². The van der Waals surface area contributed by atoms with Gasteiger partial charge < -0.3 is 10.6 Å². The molecule has 0 radical (unpaired) electrons. The molecule has 1 heterocycles. The van der Waals surface area contributed by atoms with Crippen molar-refractivity contribution in [1.29, 1.82) is 0 Å². The molecule has 3 rings (SSSR count). The van der Waals surface area contributed by atoms with E-state index in [4.69, 9.17) is 5.73 Å². The van der Waals surface area contributed by atoms with Gasteiger partial charge in [-0.2, -0.15) is 11.3 Å². The van der Waals surface area contributed by atoms with Gasteiger partial charge in [-0.1, -0.05) is 6.07 Å². The van der Waals surface area contributed by atoms with Gasteiger partial charge in [0, 0.05) is 24.8 Å². The van der Waals surface area contributed by atoms with Crippen LogP contribution in [0.1, 0.15) is 29.5 Å². The average molecular weight is 272 g/mol. The van der Waals surface area contributed by atoms with Gasteiger partial charge in [0.05, 0.1) is 0 Å². The maximum absolute atomic E-state index is 5.75. The minimum atomic E-state index is 0.625. The van der Waals surface area contributed by atoms with E-state index in [0.717, 1.165) is 12.6 Å². The van der Waals surface area contributed by atoms with Crippen LogP contribution in [0.2, 0.25) is 0 Å². The van der Waals surface area contributed by atoms with Gasteiger partial charge >= 0.3 is 0 Å². The fraction of sp³-hybridized carbons (Fsp3) is 0.375. The highest BCUT2D eigenvalue weighted by Gasteiger charge is 2.29. The summed E-state index contributed by atoms with van der Waals surface area (Å²) in [5.74, 6) is 0. The third-order valence-electron chi connectivity index (χ3n) is 3.80. The molecule has 1 aliphatic rings. The highest BCUT2D eigenvalue weighted by atomic mass is 32.1. The number of nitrogens with two attached hydrogens (primary N) is 1. The first kappa shape index (κ1) is 12.7. The summed E-state index contributed by atoms with van der Waals surface area (Å²) in [4.78, 5) is 2.54. The first-order chi connectivity index (χ1) is 9.28. The molecule has 1 saturated carbocycles. The lowest BCUT2D eigenvalue weighted by molar-refractivity contribution is 0.795. The Morgan fingerprint density at radius 2 is 2.16 bits per heavy atom. The lowest BCUT2D eigenvalue weighted by Crippen LogP contribution is -2.24. The minimum Gasteiger partial charge on any atom is -0.364 e. The van der Waals surface area contributed by atoms with Crippen molar-refractivity contribution in [3.05, 3.63) is 51.7 Å². The Hall–Kier alpha value is -1.32. The molecule has 100 valence electrons. The number of rotatable bonds is 5. The Labute approximate surface area is 118 Å². The van der Waals surface area contributed by atoms with Crippen LogP contribution >= 0.6 is 11.3 Å². The molecule has 1 aromatic carbocycles. The molecule has 3 heteroatoms. The van der Waals surface area contributed by atoms with E-state index < -0.39 is 0 Å². The fourth-order valence-electron chi connectivity index (χ4n) is 2.48. The van der Waals surface area contributed by atoms with Gasteiger partial charge in [-0.3, -0.25) is 0 Å². The summed E-state index contributed by atoms with van der Waals surface area (Å²) in [6.45, 7) is 3.80. The molecular weight excluding hydrogens is 252 g/mol. The molecule has 2 N–H and O–H groups in total. The molecule has 1 aromatic heterocycles. The monoisotopic (exact) mass is 272 g/mol. The largest absolute Gasteiger partial charge is 0.364 e. The summed E-state index contributed by atoms with van der Waals surface area (Å²) in [5, 5.41) is 4.40. The Kier molecular flexibility index (Phi) is 3.58. The van der Waals surface area contributed by atoms with Gasteiger partial charge in [-0.25, -0.2) is 0 Å². The van der Waals surface area contributed by atoms with E-state index in [2.05, 4.69) is 46.8 Å². The molecule has 0 unspecified atom stereocenters. The molecule has 0 aliphatic heterocycles. The van der Waals surface area contributed by atoms with Crippen LogP contribution in [-0.4, -0.2) is 6.04 Å². The Bertz CT molecular complexity index is 544. The topological polar surface area (TPSA) is 29.3 Å². The minimum absolute atomic E-state index is 0.625. The summed E-state index contributed by atoms with van der Waals surface area (Å²) in [6.07, 6.45) is 2.64. The van der Waals surface area contributed by atoms with Crippen LogP contribution in [0.15, 0.2) is 35.0 Å². The maximum atomic E-state index is 5.75. The predicted molar refractivity (Wildman–Crippen MR) is 82.6 cm³/mol. The van der Waals surface area contributed by atoms with Gasteiger partial charge in [0.2, 0.25) is 0 Å². The lowest BCUT2D eigenvalue weighted by Gasteiger charge is -2.25. The van der Waals surface area contributed by atoms with Crippen molar-refractivity contribution in [2.24, 2.45) is 5.73 Å². The van der Waals surface area contributed by atoms with E-state index in [9.17, 15) is 0 Å². The summed E-state index contributed by atoms with van der Waals surface area (Å²) in [5.41, 5.74) is 11.0. The fourth-order valence-corrected chi connectivity index (χ4v) is 3.14. The predicted octanol–water partition coefficient (Wildman–Crippen LogP) is 3.68. The van der Waals surface area contributed by atoms with E-state index in [0.29, 0.717) is 6.54 Å². The number of hydrogen-bond donors (Lipinski definition) is 1. The van der Waals surface area contributed by atoms with Crippen LogP contribution in [0.5, 0.6) is 0 Å². The summed E-state index contributed by atoms with van der Waals surface area (Å²) >= 11 is 1.77. The standard InChI is InChI=1S/C16H20N2S/c1-12-8-16(3-2-14(12)9-17)18(15-4-5-15)10-13-6-7-19-11-13/h2-3,6-8,11,15H,4-5,9-10,17H2,1H3. The van der Waals surface area contributed by atoms with Crippen LogP contribution in [0.25, 0.3) is 0 Å². The molecule has 2 aromatic rings. The molecule has 0 saturated heterocycles. The van der Waals surface area contributed by atoms with Crippen molar-refractivity contribution in [3.63, 3.8) is 0 Å². The first-order valence-electron chi connectivity index (χ1n) is 6.85. The SMILES string of the molecule is Cc1cc(N(Cc2ccsc2)C2CC2)ccc1CN. The maximum Gasteiger partial charge on any atom is 0.0440 e. The van der Waals surface area contributed by atoms with Crippen LogP contribution in [-0.2, 0) is 13.1 Å². The zero-order valence-electron chi connectivity index (χ0n) is 11.3. The Morgan fingerprint density at radius 1 is 1.32 bits per heavy atom. The summed E-state index contributed by atoms with van der Waals surface area (Å²) < 4.78 is 0. The summed E-state index contributed by atoms with van der Waals surface area (Å²) in [6, 6.07) is 9.63. The third-order valence-corrected chi connectivity index (χ3v) is 4.53. The van der Waals surface area contributed by atoms with E-state index in [1.54, 1.807) is 11.3 Å². The van der Waals surface area contributed by atoms with Crippen molar-refractivity contribution in [3.8, 4) is 0 Å². The number of aryl methyl sites for hydroxylation is 1. The zero-order valence-corrected chi connectivity index (χ0v) is 12.1. The van der Waals surface area contributed by atoms with Crippen LogP contribution in [0, 0.1) is 6.92 Å². The second-order valence-electron chi connectivity index (χ2n) is 5.31. The number of benzene rings is 1. The van der Waals surface area contributed by atoms with Gasteiger partial charge in [0.15, 0.2) is 0 Å². The van der Waals surface area contributed by atoms with Gasteiger partial charge in [0.1, 0.15) is 0 Å². The number of anilines is 1. The van der Waals surface area contributed by atoms with Crippen molar-refractivity contribution >= 4 is 17.0 Å². The molecule has 0 amide bonds. The highest BCUT2D eigenvalue weighted by molar-refractivity contribution is 7.07. The number of thiophene rings is 1. The average Bonchev–Trinajstić information content (AvgIpc) is 3.13. The number of hydrogen-bond acceptors (Lipinski definition) is 3. The van der Waals surface area contributed by atoms with E-state index in [-0.39, 0.29) is 0 Å². The second kappa shape index (κ2) is 5.35. The smallest absolute Gasteiger partial charge is 0.0440 e. The molecule has 0 atom stereocenters. The molecule has 1 fully saturated rings. The number of nitrogens with zero attached hydrogens (tertiary/aromatic N) is 1. The molecule has 0 spiro atoms. The van der Waals surface area contributed by atoms with Gasteiger partial charge in [0.25, 0.3) is 0 Å². The van der Waals surface area contributed by atoms with Crippen LogP contribution in [0.3, 0.4) is 0 Å².